The number of carbonyl (C=O) groups excluding carboxylic acids is 1. The van der Waals surface area contributed by atoms with Gasteiger partial charge in [-0.25, -0.2) is 0 Å². The molecule has 1 atom stereocenters. The number of carbonyl (C=O) groups is 1. The Balaban J connectivity index is 1.40. The smallest absolute Gasteiger partial charge is 0.230 e. The summed E-state index contributed by atoms with van der Waals surface area (Å²) in [5.74, 6) is 1.28. The van der Waals surface area contributed by atoms with E-state index >= 15 is 0 Å². The first-order chi connectivity index (χ1) is 16.7. The zero-order valence-corrected chi connectivity index (χ0v) is 20.4. The minimum absolute atomic E-state index is 0.0497. The van der Waals surface area contributed by atoms with Gasteiger partial charge >= 0.3 is 0 Å². The van der Waals surface area contributed by atoms with Gasteiger partial charge in [-0.15, -0.1) is 11.8 Å². The molecule has 0 aliphatic carbocycles. The normalized spacial score (nSPS) is 15.1. The molecule has 0 saturated carbocycles. The monoisotopic (exact) mass is 476 g/mol. The van der Waals surface area contributed by atoms with Crippen molar-refractivity contribution >= 4 is 17.7 Å². The number of thioether (sulfide) groups is 1. The Kier molecular flexibility index (Phi) is 9.02. The molecule has 1 aliphatic rings. The summed E-state index contributed by atoms with van der Waals surface area (Å²) in [5, 5.41) is 3.31. The summed E-state index contributed by atoms with van der Waals surface area (Å²) in [4.78, 5) is 15.3. The number of hydrogen-bond acceptors (Lipinski definition) is 5. The van der Waals surface area contributed by atoms with Gasteiger partial charge in [-0.05, 0) is 28.8 Å². The Morgan fingerprint density at radius 2 is 1.50 bits per heavy atom. The van der Waals surface area contributed by atoms with Crippen LogP contribution in [0.4, 0.5) is 0 Å². The fourth-order valence-corrected chi connectivity index (χ4v) is 5.35. The van der Waals surface area contributed by atoms with Gasteiger partial charge in [0, 0.05) is 19.6 Å². The molecular weight excluding hydrogens is 444 g/mol. The zero-order chi connectivity index (χ0) is 23.6. The van der Waals surface area contributed by atoms with Crippen molar-refractivity contribution in [1.29, 1.82) is 0 Å². The molecule has 1 saturated heterocycles. The standard InChI is InChI=1S/C28H32N2O3S/c1-32-25-14-12-22(13-15-25)26(30-16-18-33-19-17-30)20-29-27(31)21-34-28(23-8-4-2-5-9-23)24-10-6-3-7-11-24/h2-15,26,28H,16-21H2,1H3,(H,29,31). The highest BCUT2D eigenvalue weighted by molar-refractivity contribution is 8.00. The molecule has 5 nitrogen and oxygen atoms in total. The first-order valence-corrected chi connectivity index (χ1v) is 12.7. The van der Waals surface area contributed by atoms with E-state index in [1.807, 2.05) is 48.5 Å². The van der Waals surface area contributed by atoms with E-state index in [1.54, 1.807) is 18.9 Å². The Labute approximate surface area is 206 Å². The zero-order valence-electron chi connectivity index (χ0n) is 19.6. The van der Waals surface area contributed by atoms with Gasteiger partial charge in [-0.3, -0.25) is 9.69 Å². The van der Waals surface area contributed by atoms with Gasteiger partial charge in [0.25, 0.3) is 0 Å². The van der Waals surface area contributed by atoms with Crippen LogP contribution in [0, 0.1) is 0 Å². The SMILES string of the molecule is COc1ccc(C(CNC(=O)CSC(c2ccccc2)c2ccccc2)N2CCOCC2)cc1. The second kappa shape index (κ2) is 12.6. The van der Waals surface area contributed by atoms with E-state index in [1.165, 1.54) is 16.7 Å². The molecule has 1 N–H and O–H groups in total. The van der Waals surface area contributed by atoms with E-state index in [4.69, 9.17) is 9.47 Å². The summed E-state index contributed by atoms with van der Waals surface area (Å²) in [5.41, 5.74) is 3.58. The van der Waals surface area contributed by atoms with Gasteiger partial charge in [-0.2, -0.15) is 0 Å². The lowest BCUT2D eigenvalue weighted by Gasteiger charge is -2.35. The number of morpholine rings is 1. The largest absolute Gasteiger partial charge is 0.497 e. The average Bonchev–Trinajstić information content (AvgIpc) is 2.91. The van der Waals surface area contributed by atoms with Crippen LogP contribution in [0.1, 0.15) is 28.0 Å². The molecule has 4 rings (SSSR count). The number of hydrogen-bond donors (Lipinski definition) is 1. The van der Waals surface area contributed by atoms with Crippen LogP contribution >= 0.6 is 11.8 Å². The molecular formula is C28H32N2O3S. The van der Waals surface area contributed by atoms with Crippen LogP contribution in [-0.2, 0) is 9.53 Å². The van der Waals surface area contributed by atoms with Crippen molar-refractivity contribution in [3.63, 3.8) is 0 Å². The topological polar surface area (TPSA) is 50.8 Å². The number of methoxy groups -OCH3 is 1. The summed E-state index contributed by atoms with van der Waals surface area (Å²) in [6, 6.07) is 29.0. The molecule has 6 heteroatoms. The number of nitrogens with one attached hydrogen (secondary N) is 1. The quantitative estimate of drug-likeness (QED) is 0.459. The van der Waals surface area contributed by atoms with Crippen molar-refractivity contribution in [3.05, 3.63) is 102 Å². The molecule has 34 heavy (non-hydrogen) atoms. The van der Waals surface area contributed by atoms with E-state index in [0.29, 0.717) is 25.5 Å². The third-order valence-corrected chi connectivity index (χ3v) is 7.37. The minimum Gasteiger partial charge on any atom is -0.497 e. The number of benzene rings is 3. The lowest BCUT2D eigenvalue weighted by atomic mass is 10.0. The second-order valence-corrected chi connectivity index (χ2v) is 9.35. The summed E-state index contributed by atoms with van der Waals surface area (Å²) in [6.07, 6.45) is 0. The lowest BCUT2D eigenvalue weighted by Crippen LogP contribution is -2.44. The van der Waals surface area contributed by atoms with Crippen LogP contribution in [0.15, 0.2) is 84.9 Å². The van der Waals surface area contributed by atoms with E-state index in [-0.39, 0.29) is 17.2 Å². The molecule has 0 bridgehead atoms. The van der Waals surface area contributed by atoms with Crippen molar-refractivity contribution < 1.29 is 14.3 Å². The van der Waals surface area contributed by atoms with E-state index < -0.39 is 0 Å². The van der Waals surface area contributed by atoms with Crippen molar-refractivity contribution in [3.8, 4) is 5.75 Å². The van der Waals surface area contributed by atoms with Gasteiger partial charge in [0.05, 0.1) is 37.4 Å². The fraction of sp³-hybridized carbons (Fsp3) is 0.321. The number of ether oxygens (including phenoxy) is 2. The van der Waals surface area contributed by atoms with Crippen LogP contribution in [0.3, 0.4) is 0 Å². The van der Waals surface area contributed by atoms with Crippen LogP contribution in [0.2, 0.25) is 0 Å². The molecule has 178 valence electrons. The first kappa shape index (κ1) is 24.3. The molecule has 1 fully saturated rings. The van der Waals surface area contributed by atoms with Crippen molar-refractivity contribution in [2.45, 2.75) is 11.3 Å². The predicted octanol–water partition coefficient (Wildman–Crippen LogP) is 4.71. The van der Waals surface area contributed by atoms with E-state index in [2.05, 4.69) is 46.6 Å². The molecule has 1 unspecified atom stereocenters. The van der Waals surface area contributed by atoms with Gasteiger partial charge in [0.15, 0.2) is 0 Å². The van der Waals surface area contributed by atoms with Crippen LogP contribution in [0.25, 0.3) is 0 Å². The average molecular weight is 477 g/mol. The molecule has 1 amide bonds. The molecule has 3 aromatic carbocycles. The van der Waals surface area contributed by atoms with Crippen molar-refractivity contribution in [1.82, 2.24) is 10.2 Å². The molecule has 3 aromatic rings. The number of nitrogens with zero attached hydrogens (tertiary/aromatic N) is 1. The van der Waals surface area contributed by atoms with Gasteiger partial charge in [0.1, 0.15) is 5.75 Å². The van der Waals surface area contributed by atoms with E-state index in [0.717, 1.165) is 18.8 Å². The fourth-order valence-electron chi connectivity index (χ4n) is 4.23. The summed E-state index contributed by atoms with van der Waals surface area (Å²) < 4.78 is 10.9. The lowest BCUT2D eigenvalue weighted by molar-refractivity contribution is -0.118. The third-order valence-electron chi connectivity index (χ3n) is 6.07. The Hall–Kier alpha value is -2.80. The number of amides is 1. The molecule has 0 radical (unpaired) electrons. The molecule has 1 aliphatic heterocycles. The third kappa shape index (κ3) is 6.63. The van der Waals surface area contributed by atoms with Crippen LogP contribution in [0.5, 0.6) is 5.75 Å². The van der Waals surface area contributed by atoms with Gasteiger partial charge in [0.2, 0.25) is 5.91 Å². The van der Waals surface area contributed by atoms with E-state index in [9.17, 15) is 4.79 Å². The van der Waals surface area contributed by atoms with Crippen LogP contribution in [-0.4, -0.2) is 56.5 Å². The highest BCUT2D eigenvalue weighted by atomic mass is 32.2. The Morgan fingerprint density at radius 3 is 2.06 bits per heavy atom. The maximum atomic E-state index is 12.9. The van der Waals surface area contributed by atoms with Gasteiger partial charge < -0.3 is 14.8 Å². The van der Waals surface area contributed by atoms with Crippen LogP contribution < -0.4 is 10.1 Å². The molecule has 1 heterocycles. The maximum Gasteiger partial charge on any atom is 0.230 e. The first-order valence-electron chi connectivity index (χ1n) is 11.7. The summed E-state index contributed by atoms with van der Waals surface area (Å²) in [6.45, 7) is 3.70. The Morgan fingerprint density at radius 1 is 0.912 bits per heavy atom. The predicted molar refractivity (Wildman–Crippen MR) is 138 cm³/mol. The molecule has 0 spiro atoms. The highest BCUT2D eigenvalue weighted by Gasteiger charge is 2.24. The van der Waals surface area contributed by atoms with Gasteiger partial charge in [-0.1, -0.05) is 72.8 Å². The summed E-state index contributed by atoms with van der Waals surface area (Å²) >= 11 is 1.66. The minimum atomic E-state index is 0.0497. The molecule has 0 aromatic heterocycles. The summed E-state index contributed by atoms with van der Waals surface area (Å²) in [7, 11) is 1.67. The van der Waals surface area contributed by atoms with Crippen molar-refractivity contribution in [2.24, 2.45) is 0 Å². The number of rotatable bonds is 10. The maximum absolute atomic E-state index is 12.9. The highest BCUT2D eigenvalue weighted by Crippen LogP contribution is 2.35. The Bertz CT molecular complexity index is 969. The van der Waals surface area contributed by atoms with Crippen molar-refractivity contribution in [2.75, 3.05) is 45.7 Å². The second-order valence-electron chi connectivity index (χ2n) is 8.25.